The molecule has 14 nitrogen and oxygen atoms in total. The van der Waals surface area contributed by atoms with Crippen LogP contribution in [0.4, 0.5) is 5.69 Å². The minimum Gasteiger partial charge on any atom is -0.496 e. The van der Waals surface area contributed by atoms with Gasteiger partial charge in [0.2, 0.25) is 12.3 Å². The van der Waals surface area contributed by atoms with Crippen molar-refractivity contribution in [3.63, 3.8) is 0 Å². The minimum absolute atomic E-state index is 0.0417. The number of likely N-dealkylation sites (N-methyl/N-ethyl adjacent to an activating group) is 1. The molecule has 0 radical (unpaired) electrons. The largest absolute Gasteiger partial charge is 0.496 e. The lowest BCUT2D eigenvalue weighted by Gasteiger charge is -2.66. The summed E-state index contributed by atoms with van der Waals surface area (Å²) in [5.74, 6) is 0.142. The van der Waals surface area contributed by atoms with Crippen molar-refractivity contribution < 1.29 is 37.7 Å². The van der Waals surface area contributed by atoms with E-state index in [2.05, 4.69) is 102 Å². The Morgan fingerprint density at radius 1 is 1.00 bits per heavy atom. The van der Waals surface area contributed by atoms with Crippen molar-refractivity contribution in [1.29, 1.82) is 0 Å². The van der Waals surface area contributed by atoms with Crippen molar-refractivity contribution in [2.45, 2.75) is 154 Å². The molecule has 2 amide bonds. The standard InChI is InChI=1S/C49H67N6O8P.C3H6.C2H6/c1-9-46(51-41(58)28-64(60-11-3)61-12-4)20-21-47(31(5)6,43-34(19-24-53(10-2)29-46)33-16-13-14-18-38(33)50-43)37-26-36-39(27-40(37)59-8)55(30-56)49-45(63-52-49)42(62-32(7)57)35-17-15-23-54-25-22-48(36,49)44(35)54;1-2-3-1;1-2/h13-18,26-27,30-31,35,42,44-45,50,52H,9-12,19-25,28-29H2,1-8H3,(H,51,58);1-3H2;1-2H3/t35?,42?,44?,45?,46?,47-,48?,49?;;/m0../s1. The SMILES string of the molecule is C1CC1.CC.CCOP(CC(=O)NC1(CC)CC[C@@](c2cc3c(cc2OC)N(C=O)C24NOC2C(OC(C)=O)C2C=CCN5CCC34C25)(C(C)C)c2[nH]c3ccccc3c2CCN(CC)C1)OCC. The summed E-state index contributed by atoms with van der Waals surface area (Å²) >= 11 is 0. The third-order valence-corrected chi connectivity index (χ3v) is 18.0. The van der Waals surface area contributed by atoms with Crippen molar-refractivity contribution in [3.8, 4) is 5.75 Å². The maximum atomic E-state index is 14.2. The van der Waals surface area contributed by atoms with Gasteiger partial charge >= 0.3 is 5.97 Å². The van der Waals surface area contributed by atoms with Crippen molar-refractivity contribution in [1.82, 2.24) is 25.6 Å². The number of hydrogen-bond donors (Lipinski definition) is 3. The number of ether oxygens (including phenoxy) is 2. The fourth-order valence-electron chi connectivity index (χ4n) is 13.2. The van der Waals surface area contributed by atoms with Gasteiger partial charge in [0.05, 0.1) is 43.1 Å². The molecule has 2 spiro atoms. The molecule has 8 atom stereocenters. The van der Waals surface area contributed by atoms with Crippen LogP contribution in [0.3, 0.4) is 0 Å². The number of hydroxylamine groups is 1. The van der Waals surface area contributed by atoms with Crippen LogP contribution in [0.25, 0.3) is 10.9 Å². The number of aromatic amines is 1. The molecule has 3 aromatic rings. The molecule has 5 aliphatic heterocycles. The topological polar surface area (TPSA) is 147 Å². The molecule has 10 rings (SSSR count). The summed E-state index contributed by atoms with van der Waals surface area (Å²) in [6.07, 6.45) is 12.4. The van der Waals surface area contributed by atoms with E-state index in [1.54, 1.807) is 7.11 Å². The van der Waals surface area contributed by atoms with Crippen molar-refractivity contribution in [2.24, 2.45) is 11.8 Å². The first-order valence-electron chi connectivity index (χ1n) is 26.1. The Balaban J connectivity index is 0.00000122. The Morgan fingerprint density at radius 3 is 2.35 bits per heavy atom. The van der Waals surface area contributed by atoms with Gasteiger partial charge in [-0.2, -0.15) is 5.48 Å². The maximum Gasteiger partial charge on any atom is 0.303 e. The van der Waals surface area contributed by atoms with Crippen LogP contribution in [0.15, 0.2) is 48.6 Å². The zero-order chi connectivity index (χ0) is 49.3. The van der Waals surface area contributed by atoms with Crippen LogP contribution in [0, 0.1) is 11.8 Å². The van der Waals surface area contributed by atoms with Gasteiger partial charge in [-0.15, -0.1) is 0 Å². The molecular formula is C54H79N6O8P. The molecular weight excluding hydrogens is 892 g/mol. The number of nitrogens with zero attached hydrogens (tertiary/aromatic N) is 3. The number of rotatable bonds is 14. The van der Waals surface area contributed by atoms with Gasteiger partial charge in [-0.1, -0.05) is 91.2 Å². The summed E-state index contributed by atoms with van der Waals surface area (Å²) in [5.41, 5.74) is 7.00. The van der Waals surface area contributed by atoms with Gasteiger partial charge in [-0.3, -0.25) is 29.0 Å². The molecule has 1 aromatic heterocycles. The van der Waals surface area contributed by atoms with Gasteiger partial charge in [0.25, 0.3) is 0 Å². The minimum atomic E-state index is -1.37. The van der Waals surface area contributed by atoms with Gasteiger partial charge in [0.15, 0.2) is 20.1 Å². The number of fused-ring (bicyclic) bond motifs is 4. The molecule has 15 heteroatoms. The highest BCUT2D eigenvalue weighted by Gasteiger charge is 2.82. The van der Waals surface area contributed by atoms with Crippen LogP contribution in [-0.2, 0) is 50.3 Å². The van der Waals surface area contributed by atoms with Gasteiger partial charge < -0.3 is 33.7 Å². The molecule has 69 heavy (non-hydrogen) atoms. The first-order chi connectivity index (χ1) is 33.4. The fraction of sp³-hybridized carbons (Fsp3) is 0.648. The molecule has 3 N–H and O–H groups in total. The van der Waals surface area contributed by atoms with Crippen LogP contribution in [0.5, 0.6) is 5.75 Å². The van der Waals surface area contributed by atoms with Crippen LogP contribution < -0.4 is 20.4 Å². The number of carbonyl (C=O) groups is 3. The first kappa shape index (κ1) is 51.5. The zero-order valence-corrected chi connectivity index (χ0v) is 43.8. The normalized spacial score (nSPS) is 30.9. The number of para-hydroxylation sites is 1. The number of methoxy groups -OCH3 is 1. The van der Waals surface area contributed by atoms with Gasteiger partial charge in [-0.25, -0.2) is 0 Å². The highest BCUT2D eigenvalue weighted by atomic mass is 31.2. The first-order valence-corrected chi connectivity index (χ1v) is 27.4. The fourth-order valence-corrected chi connectivity index (χ4v) is 14.3. The predicted molar refractivity (Wildman–Crippen MR) is 272 cm³/mol. The van der Waals surface area contributed by atoms with E-state index < -0.39 is 42.6 Å². The lowest BCUT2D eigenvalue weighted by molar-refractivity contribution is -0.308. The summed E-state index contributed by atoms with van der Waals surface area (Å²) in [7, 11) is 0.361. The molecule has 2 aromatic carbocycles. The quantitative estimate of drug-likeness (QED) is 0.0618. The monoisotopic (exact) mass is 971 g/mol. The highest BCUT2D eigenvalue weighted by molar-refractivity contribution is 7.48. The predicted octanol–water partition coefficient (Wildman–Crippen LogP) is 8.64. The summed E-state index contributed by atoms with van der Waals surface area (Å²) in [4.78, 5) is 57.8. The van der Waals surface area contributed by atoms with Crippen LogP contribution in [0.1, 0.15) is 130 Å². The number of benzene rings is 2. The second-order valence-corrected chi connectivity index (χ2v) is 21.5. The number of carbonyl (C=O) groups excluding carboxylic acids is 3. The van der Waals surface area contributed by atoms with Crippen molar-refractivity contribution in [3.05, 3.63) is 70.9 Å². The second kappa shape index (κ2) is 21.1. The molecule has 7 unspecified atom stereocenters. The van der Waals surface area contributed by atoms with E-state index >= 15 is 0 Å². The highest BCUT2D eigenvalue weighted by Crippen LogP contribution is 2.68. The lowest BCUT2D eigenvalue weighted by atomic mass is 9.54. The van der Waals surface area contributed by atoms with E-state index in [1.165, 1.54) is 37.1 Å². The summed E-state index contributed by atoms with van der Waals surface area (Å²) in [5, 5.41) is 4.83. The van der Waals surface area contributed by atoms with Gasteiger partial charge in [-0.05, 0) is 88.2 Å². The van der Waals surface area contributed by atoms with E-state index in [1.807, 2.05) is 32.6 Å². The number of anilines is 1. The number of H-pyrrole nitrogens is 1. The average molecular weight is 971 g/mol. The molecule has 2 saturated heterocycles. The van der Waals surface area contributed by atoms with Crippen LogP contribution in [0.2, 0.25) is 0 Å². The smallest absolute Gasteiger partial charge is 0.303 e. The van der Waals surface area contributed by atoms with Crippen LogP contribution in [-0.4, -0.2) is 122 Å². The van der Waals surface area contributed by atoms with E-state index in [0.717, 1.165) is 79.9 Å². The van der Waals surface area contributed by atoms with Crippen molar-refractivity contribution in [2.75, 3.05) is 64.1 Å². The number of esters is 1. The van der Waals surface area contributed by atoms with E-state index in [9.17, 15) is 14.4 Å². The molecule has 2 saturated carbocycles. The van der Waals surface area contributed by atoms with Gasteiger partial charge in [0.1, 0.15) is 11.9 Å². The molecule has 378 valence electrons. The maximum absolute atomic E-state index is 14.2. The van der Waals surface area contributed by atoms with E-state index in [0.29, 0.717) is 38.3 Å². The third kappa shape index (κ3) is 8.55. The zero-order valence-electron chi connectivity index (χ0n) is 43.0. The average Bonchev–Trinajstić information content (AvgIpc) is 4.06. The Morgan fingerprint density at radius 2 is 1.74 bits per heavy atom. The van der Waals surface area contributed by atoms with Gasteiger partial charge in [0, 0.05) is 72.2 Å². The molecule has 6 heterocycles. The van der Waals surface area contributed by atoms with E-state index in [-0.39, 0.29) is 35.9 Å². The molecule has 7 aliphatic rings. The Labute approximate surface area is 411 Å². The number of aromatic nitrogens is 1. The van der Waals surface area contributed by atoms with Crippen LogP contribution >= 0.6 is 8.38 Å². The van der Waals surface area contributed by atoms with E-state index in [4.69, 9.17) is 23.4 Å². The lowest BCUT2D eigenvalue weighted by Crippen LogP contribution is -2.89. The molecule has 2 aliphatic carbocycles. The van der Waals surface area contributed by atoms with Crippen molar-refractivity contribution >= 4 is 43.3 Å². The number of amides is 2. The Hall–Kier alpha value is -3.88. The Kier molecular flexibility index (Phi) is 15.7. The molecule has 0 bridgehead atoms. The molecule has 4 fully saturated rings. The summed E-state index contributed by atoms with van der Waals surface area (Å²) in [6, 6.07) is 13.0. The third-order valence-electron chi connectivity index (χ3n) is 16.3. The summed E-state index contributed by atoms with van der Waals surface area (Å²) < 4.78 is 24.6. The second-order valence-electron chi connectivity index (χ2n) is 20.0. The Bertz CT molecular complexity index is 2350. The number of nitrogens with one attached hydrogen (secondary N) is 3. The summed E-state index contributed by atoms with van der Waals surface area (Å²) in [6.45, 7) is 23.2. The number of hydrogen-bond acceptors (Lipinski definition) is 11.